The van der Waals surface area contributed by atoms with E-state index in [1.807, 2.05) is 0 Å². The molecule has 0 saturated carbocycles. The lowest BCUT2D eigenvalue weighted by molar-refractivity contribution is -0.174. The molecule has 0 unspecified atom stereocenters. The van der Waals surface area contributed by atoms with E-state index in [-0.39, 0.29) is 20.9 Å². The number of nitrogens with zero attached hydrogens (tertiary/aromatic N) is 1. The van der Waals surface area contributed by atoms with E-state index in [9.17, 15) is 34.8 Å². The monoisotopic (exact) mass is 566 g/mol. The zero-order valence-electron chi connectivity index (χ0n) is 19.9. The maximum atomic E-state index is 13.7. The fraction of sp³-hybridized carbons (Fsp3) is 0.160. The first-order valence-electron chi connectivity index (χ1n) is 11.0. The highest BCUT2D eigenvalue weighted by Crippen LogP contribution is 2.33. The van der Waals surface area contributed by atoms with Gasteiger partial charge in [-0.2, -0.15) is 13.2 Å². The van der Waals surface area contributed by atoms with Crippen molar-refractivity contribution in [1.82, 2.24) is 9.29 Å². The summed E-state index contributed by atoms with van der Waals surface area (Å²) in [6.45, 7) is 1.31. The van der Waals surface area contributed by atoms with Crippen molar-refractivity contribution in [2.45, 2.75) is 34.0 Å². The molecule has 4 rings (SSSR count). The number of ether oxygens (including phenoxy) is 1. The Morgan fingerprint density at radius 1 is 0.895 bits per heavy atom. The van der Waals surface area contributed by atoms with E-state index in [0.717, 1.165) is 16.1 Å². The van der Waals surface area contributed by atoms with Gasteiger partial charge in [-0.3, -0.25) is 4.79 Å². The van der Waals surface area contributed by atoms with Crippen molar-refractivity contribution in [2.24, 2.45) is 0 Å². The third-order valence-corrected chi connectivity index (χ3v) is 9.40. The smallest absolute Gasteiger partial charge is 0.471 e. The number of halogens is 3. The number of fused-ring (bicyclic) bond motifs is 1. The Morgan fingerprint density at radius 2 is 1.47 bits per heavy atom. The van der Waals surface area contributed by atoms with Gasteiger partial charge >= 0.3 is 12.1 Å². The number of methoxy groups -OCH3 is 1. The van der Waals surface area contributed by atoms with Crippen molar-refractivity contribution >= 4 is 36.7 Å². The Balaban J connectivity index is 1.79. The first kappa shape index (κ1) is 27.2. The van der Waals surface area contributed by atoms with Gasteiger partial charge in [-0.15, -0.1) is 0 Å². The van der Waals surface area contributed by atoms with Crippen LogP contribution < -0.4 is 10.1 Å². The molecule has 3 aromatic carbocycles. The maximum Gasteiger partial charge on any atom is 0.471 e. The van der Waals surface area contributed by atoms with E-state index in [1.165, 1.54) is 62.6 Å². The van der Waals surface area contributed by atoms with Crippen molar-refractivity contribution in [1.29, 1.82) is 0 Å². The molecule has 8 nitrogen and oxygen atoms in total. The molecule has 0 bridgehead atoms. The molecule has 0 spiro atoms. The summed E-state index contributed by atoms with van der Waals surface area (Å²) in [4.78, 5) is 10.8. The minimum Gasteiger partial charge on any atom is -0.497 e. The fourth-order valence-electron chi connectivity index (χ4n) is 3.81. The summed E-state index contributed by atoms with van der Waals surface area (Å²) in [6, 6.07) is 16.7. The summed E-state index contributed by atoms with van der Waals surface area (Å²) in [6.07, 6.45) is -5.07. The van der Waals surface area contributed by atoms with Crippen LogP contribution in [0.4, 0.5) is 13.2 Å². The van der Waals surface area contributed by atoms with Crippen LogP contribution >= 0.6 is 0 Å². The molecule has 1 atom stereocenters. The van der Waals surface area contributed by atoms with Crippen LogP contribution in [-0.2, 0) is 24.7 Å². The molecule has 1 N–H and O–H groups in total. The largest absolute Gasteiger partial charge is 0.497 e. The number of para-hydroxylation sites is 1. The van der Waals surface area contributed by atoms with Crippen LogP contribution in [0, 0.1) is 0 Å². The van der Waals surface area contributed by atoms with Gasteiger partial charge in [0.25, 0.3) is 10.0 Å². The Hall–Kier alpha value is -3.84. The second-order valence-corrected chi connectivity index (χ2v) is 11.9. The third kappa shape index (κ3) is 4.98. The topological polar surface area (TPSA) is 112 Å². The lowest BCUT2D eigenvalue weighted by atomic mass is 10.1. The van der Waals surface area contributed by atoms with E-state index in [4.69, 9.17) is 4.74 Å². The van der Waals surface area contributed by atoms with Crippen LogP contribution in [0.2, 0.25) is 0 Å². The number of rotatable bonds is 7. The minimum absolute atomic E-state index is 0.141. The standard InChI is InChI=1S/C25H21F3N2O6S2/c1-16(29-24(31)25(26,27)28)17-7-11-20(12-8-17)37(32,33)23-15-18-5-3-4-6-22(18)30(23)38(34,35)21-13-9-19(36-2)10-14-21/h3-16H,1-2H3,(H,29,31)/t16-/m0/s1. The SMILES string of the molecule is COc1ccc(S(=O)(=O)n2c(S(=O)(=O)c3ccc([C@H](C)NC(=O)C(F)(F)F)cc3)cc3ccccc32)cc1. The number of aromatic nitrogens is 1. The molecule has 0 fully saturated rings. The molecule has 4 aromatic rings. The Labute approximate surface area is 216 Å². The van der Waals surface area contributed by atoms with Crippen LogP contribution in [0.1, 0.15) is 18.5 Å². The summed E-state index contributed by atoms with van der Waals surface area (Å²) < 4.78 is 98.2. The van der Waals surface area contributed by atoms with Crippen molar-refractivity contribution in [3.8, 4) is 5.75 Å². The zero-order valence-corrected chi connectivity index (χ0v) is 21.6. The van der Waals surface area contributed by atoms with Gasteiger partial charge in [0, 0.05) is 5.39 Å². The highest BCUT2D eigenvalue weighted by atomic mass is 32.2. The van der Waals surface area contributed by atoms with Gasteiger partial charge in [0.1, 0.15) is 5.75 Å². The van der Waals surface area contributed by atoms with Crippen LogP contribution in [0.3, 0.4) is 0 Å². The zero-order chi connectivity index (χ0) is 27.9. The van der Waals surface area contributed by atoms with Crippen LogP contribution in [0.5, 0.6) is 5.75 Å². The number of hydrogen-bond donors (Lipinski definition) is 1. The van der Waals surface area contributed by atoms with Crippen molar-refractivity contribution in [2.75, 3.05) is 7.11 Å². The summed E-state index contributed by atoms with van der Waals surface area (Å²) in [5, 5.41) is 1.64. The number of hydrogen-bond acceptors (Lipinski definition) is 6. The van der Waals surface area contributed by atoms with E-state index in [0.29, 0.717) is 11.1 Å². The van der Waals surface area contributed by atoms with Gasteiger partial charge in [0.2, 0.25) is 9.84 Å². The molecular weight excluding hydrogens is 545 g/mol. The number of nitrogens with one attached hydrogen (secondary N) is 1. The molecular formula is C25H21F3N2O6S2. The summed E-state index contributed by atoms with van der Waals surface area (Å²) in [7, 11) is -7.40. The summed E-state index contributed by atoms with van der Waals surface area (Å²) in [5.41, 5.74) is 0.356. The highest BCUT2D eigenvalue weighted by molar-refractivity contribution is 7.93. The molecule has 200 valence electrons. The molecule has 0 aliphatic carbocycles. The Morgan fingerprint density at radius 3 is 2.05 bits per heavy atom. The van der Waals surface area contributed by atoms with Crippen molar-refractivity contribution in [3.05, 3.63) is 84.4 Å². The molecule has 1 aromatic heterocycles. The number of benzene rings is 3. The molecule has 0 aliphatic heterocycles. The van der Waals surface area contributed by atoms with Crippen molar-refractivity contribution < 1.29 is 39.5 Å². The minimum atomic E-state index is -5.07. The summed E-state index contributed by atoms with van der Waals surface area (Å²) in [5.74, 6) is -1.72. The number of carbonyl (C=O) groups excluding carboxylic acids is 1. The van der Waals surface area contributed by atoms with Crippen molar-refractivity contribution in [3.63, 3.8) is 0 Å². The molecule has 0 saturated heterocycles. The van der Waals surface area contributed by atoms with Gasteiger partial charge in [0.15, 0.2) is 5.03 Å². The normalized spacial score (nSPS) is 13.3. The number of carbonyl (C=O) groups is 1. The average molecular weight is 567 g/mol. The number of sulfone groups is 1. The summed E-state index contributed by atoms with van der Waals surface area (Å²) >= 11 is 0. The number of alkyl halides is 3. The average Bonchev–Trinajstić information content (AvgIpc) is 3.30. The third-order valence-electron chi connectivity index (χ3n) is 5.80. The fourth-order valence-corrected chi connectivity index (χ4v) is 7.14. The highest BCUT2D eigenvalue weighted by Gasteiger charge is 2.39. The predicted molar refractivity (Wildman–Crippen MR) is 132 cm³/mol. The Kier molecular flexibility index (Phi) is 7.01. The van der Waals surface area contributed by atoms with Crippen LogP contribution in [0.25, 0.3) is 10.9 Å². The second kappa shape index (κ2) is 9.80. The predicted octanol–water partition coefficient (Wildman–Crippen LogP) is 4.46. The molecule has 1 heterocycles. The van der Waals surface area contributed by atoms with Gasteiger partial charge in [0.05, 0.1) is 28.5 Å². The van der Waals surface area contributed by atoms with Gasteiger partial charge < -0.3 is 10.1 Å². The Bertz CT molecular complexity index is 1710. The second-order valence-electron chi connectivity index (χ2n) is 8.25. The molecule has 0 radical (unpaired) electrons. The molecule has 38 heavy (non-hydrogen) atoms. The first-order chi connectivity index (χ1) is 17.8. The molecule has 0 aliphatic rings. The quantitative estimate of drug-likeness (QED) is 0.354. The lowest BCUT2D eigenvalue weighted by Crippen LogP contribution is -2.38. The lowest BCUT2D eigenvalue weighted by Gasteiger charge is -2.16. The van der Waals surface area contributed by atoms with E-state index >= 15 is 0 Å². The van der Waals surface area contributed by atoms with E-state index in [2.05, 4.69) is 0 Å². The molecule has 1 amide bonds. The van der Waals surface area contributed by atoms with Gasteiger partial charge in [-0.05, 0) is 61.0 Å². The van der Waals surface area contributed by atoms with Crippen LogP contribution in [0.15, 0.2) is 93.7 Å². The maximum absolute atomic E-state index is 13.7. The van der Waals surface area contributed by atoms with Gasteiger partial charge in [-0.1, -0.05) is 30.3 Å². The van der Waals surface area contributed by atoms with Crippen LogP contribution in [-0.4, -0.2) is 40.0 Å². The van der Waals surface area contributed by atoms with E-state index < -0.39 is 43.0 Å². The number of amides is 1. The van der Waals surface area contributed by atoms with Gasteiger partial charge in [-0.25, -0.2) is 20.8 Å². The first-order valence-corrected chi connectivity index (χ1v) is 13.9. The van der Waals surface area contributed by atoms with E-state index in [1.54, 1.807) is 23.5 Å². The molecule has 13 heteroatoms.